The fraction of sp³-hybridized carbons (Fsp3) is 0.381. The normalized spacial score (nSPS) is 17.1. The highest BCUT2D eigenvalue weighted by Crippen LogP contribution is 2.31. The molecule has 3 rings (SSSR count). The van der Waals surface area contributed by atoms with E-state index in [1.807, 2.05) is 30.3 Å². The zero-order chi connectivity index (χ0) is 16.9. The number of nitrogens with one attached hydrogen (secondary N) is 1. The van der Waals surface area contributed by atoms with Crippen LogP contribution in [-0.4, -0.2) is 5.91 Å². The summed E-state index contributed by atoms with van der Waals surface area (Å²) in [6.07, 6.45) is 4.66. The summed E-state index contributed by atoms with van der Waals surface area (Å²) in [7, 11) is 0. The first-order valence-electron chi connectivity index (χ1n) is 8.90. The Morgan fingerprint density at radius 2 is 2.00 bits per heavy atom. The summed E-state index contributed by atoms with van der Waals surface area (Å²) in [6, 6.07) is 16.5. The van der Waals surface area contributed by atoms with Crippen molar-refractivity contribution < 1.29 is 4.79 Å². The molecule has 134 valence electrons. The Kier molecular flexibility index (Phi) is 6.89. The summed E-state index contributed by atoms with van der Waals surface area (Å²) in [4.78, 5) is 12.6. The van der Waals surface area contributed by atoms with Crippen molar-refractivity contribution in [2.75, 3.05) is 5.73 Å². The number of hydrogen-bond donors (Lipinski definition) is 2. The summed E-state index contributed by atoms with van der Waals surface area (Å²) in [5.41, 5.74) is 10.4. The molecule has 3 N–H and O–H groups in total. The van der Waals surface area contributed by atoms with E-state index in [4.69, 9.17) is 5.73 Å². The van der Waals surface area contributed by atoms with Gasteiger partial charge in [-0.2, -0.15) is 0 Å². The van der Waals surface area contributed by atoms with E-state index in [1.165, 1.54) is 16.7 Å². The van der Waals surface area contributed by atoms with Gasteiger partial charge in [-0.05, 0) is 60.4 Å². The number of hydrogen-bond acceptors (Lipinski definition) is 2. The van der Waals surface area contributed by atoms with Gasteiger partial charge in [0.05, 0.1) is 6.04 Å². The highest BCUT2D eigenvalue weighted by molar-refractivity contribution is 5.85. The van der Waals surface area contributed by atoms with Crippen molar-refractivity contribution in [3.8, 4) is 0 Å². The first-order chi connectivity index (χ1) is 11.7. The summed E-state index contributed by atoms with van der Waals surface area (Å²) in [5, 5.41) is 3.25. The van der Waals surface area contributed by atoms with Crippen molar-refractivity contribution in [2.45, 2.75) is 51.0 Å². The summed E-state index contributed by atoms with van der Waals surface area (Å²) in [6.45, 7) is 2.14. The van der Waals surface area contributed by atoms with E-state index in [1.54, 1.807) is 0 Å². The number of fused-ring (bicyclic) bond motifs is 1. The Bertz CT molecular complexity index is 702. The van der Waals surface area contributed by atoms with Crippen LogP contribution in [0.5, 0.6) is 0 Å². The second-order valence-corrected chi connectivity index (χ2v) is 6.69. The Balaban J connectivity index is 0.00000225. The maximum atomic E-state index is 12.6. The molecule has 25 heavy (non-hydrogen) atoms. The molecule has 2 aromatic carbocycles. The highest BCUT2D eigenvalue weighted by Gasteiger charge is 2.23. The Morgan fingerprint density at radius 3 is 2.72 bits per heavy atom. The van der Waals surface area contributed by atoms with Crippen LogP contribution >= 0.6 is 12.4 Å². The van der Waals surface area contributed by atoms with Crippen LogP contribution in [0.25, 0.3) is 0 Å². The first-order valence-corrected chi connectivity index (χ1v) is 8.90. The summed E-state index contributed by atoms with van der Waals surface area (Å²) < 4.78 is 0. The number of amides is 1. The number of carbonyl (C=O) groups is 1. The van der Waals surface area contributed by atoms with Crippen LogP contribution in [-0.2, 0) is 11.2 Å². The van der Waals surface area contributed by atoms with Crippen molar-refractivity contribution in [3.05, 3.63) is 65.2 Å². The topological polar surface area (TPSA) is 55.1 Å². The van der Waals surface area contributed by atoms with E-state index in [-0.39, 0.29) is 30.3 Å². The van der Waals surface area contributed by atoms with Gasteiger partial charge in [-0.3, -0.25) is 4.79 Å². The van der Waals surface area contributed by atoms with Gasteiger partial charge in [0.25, 0.3) is 0 Å². The van der Waals surface area contributed by atoms with Crippen molar-refractivity contribution in [1.29, 1.82) is 0 Å². The second-order valence-electron chi connectivity index (χ2n) is 6.69. The molecule has 1 aliphatic carbocycles. The largest absolute Gasteiger partial charge is 0.399 e. The minimum Gasteiger partial charge on any atom is -0.399 e. The number of nitrogen functional groups attached to an aromatic ring is 1. The predicted molar refractivity (Wildman–Crippen MR) is 106 cm³/mol. The van der Waals surface area contributed by atoms with Gasteiger partial charge in [0.1, 0.15) is 0 Å². The van der Waals surface area contributed by atoms with Crippen LogP contribution in [0, 0.1) is 0 Å². The molecule has 2 unspecified atom stereocenters. The second kappa shape index (κ2) is 8.91. The Hall–Kier alpha value is -2.00. The molecular formula is C21H27ClN2O. The van der Waals surface area contributed by atoms with Gasteiger partial charge in [-0.15, -0.1) is 12.4 Å². The van der Waals surface area contributed by atoms with Crippen molar-refractivity contribution in [1.82, 2.24) is 5.32 Å². The molecule has 0 spiro atoms. The molecule has 0 aromatic heterocycles. The first kappa shape index (κ1) is 19.3. The highest BCUT2D eigenvalue weighted by atomic mass is 35.5. The lowest BCUT2D eigenvalue weighted by Gasteiger charge is -2.27. The smallest absolute Gasteiger partial charge is 0.221 e. The van der Waals surface area contributed by atoms with Crippen LogP contribution in [0.15, 0.2) is 48.5 Å². The quantitative estimate of drug-likeness (QED) is 0.756. The molecule has 4 heteroatoms. The predicted octanol–water partition coefficient (Wildman–Crippen LogP) is 4.77. The maximum Gasteiger partial charge on any atom is 0.221 e. The number of nitrogens with two attached hydrogens (primary N) is 1. The van der Waals surface area contributed by atoms with E-state index < -0.39 is 0 Å². The molecule has 2 atom stereocenters. The third-order valence-electron chi connectivity index (χ3n) is 5.01. The molecule has 0 saturated heterocycles. The number of aryl methyl sites for hydroxylation is 1. The zero-order valence-electron chi connectivity index (χ0n) is 14.7. The molecule has 0 aliphatic heterocycles. The number of halogens is 1. The van der Waals surface area contributed by atoms with Crippen LogP contribution in [0.2, 0.25) is 0 Å². The number of carbonyl (C=O) groups excluding carboxylic acids is 1. The molecule has 3 nitrogen and oxygen atoms in total. The molecule has 1 amide bonds. The lowest BCUT2D eigenvalue weighted by Crippen LogP contribution is -2.31. The van der Waals surface area contributed by atoms with Crippen LogP contribution in [0.1, 0.15) is 61.3 Å². The van der Waals surface area contributed by atoms with Gasteiger partial charge in [0.15, 0.2) is 0 Å². The SMILES string of the molecule is CCC(CC(=O)NC1CCCc2cc(N)ccc21)c1ccccc1.Cl. The van der Waals surface area contributed by atoms with E-state index in [2.05, 4.69) is 30.4 Å². The molecule has 0 fully saturated rings. The Labute approximate surface area is 156 Å². The zero-order valence-corrected chi connectivity index (χ0v) is 15.5. The molecule has 0 radical (unpaired) electrons. The van der Waals surface area contributed by atoms with E-state index in [0.717, 1.165) is 31.4 Å². The molecule has 2 aromatic rings. The number of benzene rings is 2. The van der Waals surface area contributed by atoms with Gasteiger partial charge in [0, 0.05) is 12.1 Å². The summed E-state index contributed by atoms with van der Waals surface area (Å²) >= 11 is 0. The van der Waals surface area contributed by atoms with E-state index in [0.29, 0.717) is 6.42 Å². The monoisotopic (exact) mass is 358 g/mol. The van der Waals surface area contributed by atoms with Crippen LogP contribution in [0.3, 0.4) is 0 Å². The average Bonchev–Trinajstić information content (AvgIpc) is 2.60. The van der Waals surface area contributed by atoms with Crippen LogP contribution < -0.4 is 11.1 Å². The van der Waals surface area contributed by atoms with Crippen LogP contribution in [0.4, 0.5) is 5.69 Å². The standard InChI is InChI=1S/C21H26N2O.ClH/c1-2-15(16-7-4-3-5-8-16)14-21(24)23-20-10-6-9-17-13-18(22)11-12-19(17)20;/h3-5,7-8,11-13,15,20H,2,6,9-10,14,22H2,1H3,(H,23,24);1H. The minimum atomic E-state index is 0. The molecule has 0 heterocycles. The number of rotatable bonds is 5. The average molecular weight is 359 g/mol. The molecule has 1 aliphatic rings. The summed E-state index contributed by atoms with van der Waals surface area (Å²) in [5.74, 6) is 0.418. The molecule has 0 bridgehead atoms. The van der Waals surface area contributed by atoms with Gasteiger partial charge >= 0.3 is 0 Å². The fourth-order valence-corrected chi connectivity index (χ4v) is 3.68. The van der Waals surface area contributed by atoms with E-state index >= 15 is 0 Å². The van der Waals surface area contributed by atoms with Gasteiger partial charge in [-0.1, -0.05) is 43.3 Å². The lowest BCUT2D eigenvalue weighted by molar-refractivity contribution is -0.122. The van der Waals surface area contributed by atoms with Crippen molar-refractivity contribution in [2.24, 2.45) is 0 Å². The lowest BCUT2D eigenvalue weighted by atomic mass is 9.87. The van der Waals surface area contributed by atoms with Gasteiger partial charge in [0.2, 0.25) is 5.91 Å². The van der Waals surface area contributed by atoms with Gasteiger partial charge in [-0.25, -0.2) is 0 Å². The Morgan fingerprint density at radius 1 is 1.24 bits per heavy atom. The van der Waals surface area contributed by atoms with E-state index in [9.17, 15) is 4.79 Å². The molecule has 0 saturated carbocycles. The minimum absolute atomic E-state index is 0. The fourth-order valence-electron chi connectivity index (χ4n) is 3.68. The number of anilines is 1. The maximum absolute atomic E-state index is 12.6. The van der Waals surface area contributed by atoms with Gasteiger partial charge < -0.3 is 11.1 Å². The third-order valence-corrected chi connectivity index (χ3v) is 5.01. The molecular weight excluding hydrogens is 332 g/mol. The van der Waals surface area contributed by atoms with Crippen molar-refractivity contribution >= 4 is 24.0 Å². The third kappa shape index (κ3) is 4.76. The van der Waals surface area contributed by atoms with Crippen molar-refractivity contribution in [3.63, 3.8) is 0 Å².